The Labute approximate surface area is 59.5 Å². The zero-order valence-electron chi connectivity index (χ0n) is 6.69. The van der Waals surface area contributed by atoms with Crippen LogP contribution in [0.5, 0.6) is 0 Å². The standard InChI is InChI=1S/C7H15OSi/c1-5-7(6-2)8-9(3)4/h5H,6H2,1-4H3/b7-5-. The lowest BCUT2D eigenvalue weighted by Gasteiger charge is -2.09. The van der Waals surface area contributed by atoms with Gasteiger partial charge >= 0.3 is 0 Å². The van der Waals surface area contributed by atoms with E-state index in [1.54, 1.807) is 0 Å². The summed E-state index contributed by atoms with van der Waals surface area (Å²) in [5.41, 5.74) is 0. The molecule has 0 rings (SSSR count). The third-order valence-corrected chi connectivity index (χ3v) is 1.68. The minimum atomic E-state index is -0.526. The van der Waals surface area contributed by atoms with Crippen molar-refractivity contribution in [3.63, 3.8) is 0 Å². The molecule has 1 radical (unpaired) electrons. The van der Waals surface area contributed by atoms with Crippen molar-refractivity contribution in [1.82, 2.24) is 0 Å². The van der Waals surface area contributed by atoms with E-state index >= 15 is 0 Å². The van der Waals surface area contributed by atoms with E-state index in [4.69, 9.17) is 4.43 Å². The van der Waals surface area contributed by atoms with Gasteiger partial charge in [-0.3, -0.25) is 0 Å². The van der Waals surface area contributed by atoms with Crippen LogP contribution in [0.4, 0.5) is 0 Å². The van der Waals surface area contributed by atoms with Gasteiger partial charge in [0.15, 0.2) is 0 Å². The van der Waals surface area contributed by atoms with Gasteiger partial charge in [0.2, 0.25) is 0 Å². The van der Waals surface area contributed by atoms with E-state index in [1.807, 2.05) is 13.0 Å². The van der Waals surface area contributed by atoms with E-state index < -0.39 is 9.04 Å². The quantitative estimate of drug-likeness (QED) is 0.436. The Kier molecular flexibility index (Phi) is 4.49. The van der Waals surface area contributed by atoms with E-state index in [9.17, 15) is 0 Å². The average Bonchev–Trinajstić information content (AvgIpc) is 1.82. The highest BCUT2D eigenvalue weighted by molar-refractivity contribution is 6.48. The van der Waals surface area contributed by atoms with Crippen LogP contribution in [0.25, 0.3) is 0 Å². The summed E-state index contributed by atoms with van der Waals surface area (Å²) in [5, 5.41) is 0. The highest BCUT2D eigenvalue weighted by atomic mass is 28.3. The fourth-order valence-electron chi connectivity index (χ4n) is 0.597. The molecule has 9 heavy (non-hydrogen) atoms. The van der Waals surface area contributed by atoms with Gasteiger partial charge < -0.3 is 4.43 Å². The second-order valence-corrected chi connectivity index (χ2v) is 4.14. The average molecular weight is 143 g/mol. The van der Waals surface area contributed by atoms with Gasteiger partial charge in [-0.15, -0.1) is 0 Å². The molecular formula is C7H15OSi. The molecule has 53 valence electrons. The Balaban J connectivity index is 3.58. The molecule has 0 amide bonds. The molecule has 0 saturated heterocycles. The molecule has 1 nitrogen and oxygen atoms in total. The lowest BCUT2D eigenvalue weighted by molar-refractivity contribution is 0.422. The summed E-state index contributed by atoms with van der Waals surface area (Å²) in [6.07, 6.45) is 3.06. The van der Waals surface area contributed by atoms with Crippen molar-refractivity contribution in [3.8, 4) is 0 Å². The Bertz CT molecular complexity index is 97.1. The lowest BCUT2D eigenvalue weighted by Crippen LogP contribution is -2.06. The molecule has 0 aromatic heterocycles. The number of hydrogen-bond acceptors (Lipinski definition) is 1. The summed E-state index contributed by atoms with van der Waals surface area (Å²) >= 11 is 0. The maximum absolute atomic E-state index is 5.51. The number of allylic oxidation sites excluding steroid dienone is 2. The van der Waals surface area contributed by atoms with Gasteiger partial charge in [-0.1, -0.05) is 13.0 Å². The topological polar surface area (TPSA) is 9.23 Å². The zero-order valence-corrected chi connectivity index (χ0v) is 7.69. The van der Waals surface area contributed by atoms with Crippen LogP contribution in [-0.4, -0.2) is 9.04 Å². The van der Waals surface area contributed by atoms with Gasteiger partial charge in [0.05, 0.1) is 5.76 Å². The molecule has 0 aliphatic heterocycles. The minimum Gasteiger partial charge on any atom is -0.546 e. The molecule has 0 heterocycles. The van der Waals surface area contributed by atoms with Crippen LogP contribution in [-0.2, 0) is 4.43 Å². The van der Waals surface area contributed by atoms with E-state index in [1.165, 1.54) is 0 Å². The van der Waals surface area contributed by atoms with Crippen molar-refractivity contribution < 1.29 is 4.43 Å². The van der Waals surface area contributed by atoms with Crippen molar-refractivity contribution >= 4 is 9.04 Å². The first-order valence-corrected chi connectivity index (χ1v) is 5.74. The highest BCUT2D eigenvalue weighted by Crippen LogP contribution is 2.03. The molecule has 0 spiro atoms. The maximum atomic E-state index is 5.51. The fraction of sp³-hybridized carbons (Fsp3) is 0.714. The molecule has 0 saturated carbocycles. The molecule has 0 N–H and O–H groups in total. The SMILES string of the molecule is C/C=C(/CC)O[Si](C)C. The molecule has 0 atom stereocenters. The first kappa shape index (κ1) is 8.76. The van der Waals surface area contributed by atoms with E-state index in [-0.39, 0.29) is 0 Å². The number of hydrogen-bond donors (Lipinski definition) is 0. The lowest BCUT2D eigenvalue weighted by atomic mass is 10.4. The van der Waals surface area contributed by atoms with E-state index in [0.29, 0.717) is 0 Å². The van der Waals surface area contributed by atoms with Gasteiger partial charge in [-0.25, -0.2) is 0 Å². The minimum absolute atomic E-state index is 0.526. The third kappa shape index (κ3) is 4.27. The van der Waals surface area contributed by atoms with Crippen LogP contribution in [0.3, 0.4) is 0 Å². The Morgan fingerprint density at radius 3 is 2.22 bits per heavy atom. The first-order valence-electron chi connectivity index (χ1n) is 3.33. The largest absolute Gasteiger partial charge is 0.546 e. The Morgan fingerprint density at radius 1 is 1.56 bits per heavy atom. The van der Waals surface area contributed by atoms with Gasteiger partial charge in [-0.05, 0) is 20.0 Å². The molecule has 0 unspecified atom stereocenters. The molecule has 2 heteroatoms. The molecule has 0 fully saturated rings. The Hall–Kier alpha value is -0.243. The summed E-state index contributed by atoms with van der Waals surface area (Å²) in [6.45, 7) is 8.41. The third-order valence-electron chi connectivity index (χ3n) is 1.01. The molecule has 0 aliphatic carbocycles. The summed E-state index contributed by atoms with van der Waals surface area (Å²) in [5.74, 6) is 1.13. The van der Waals surface area contributed by atoms with Gasteiger partial charge in [0.1, 0.15) is 0 Å². The molecule has 0 bridgehead atoms. The smallest absolute Gasteiger partial charge is 0.273 e. The summed E-state index contributed by atoms with van der Waals surface area (Å²) < 4.78 is 5.51. The Morgan fingerprint density at radius 2 is 2.11 bits per heavy atom. The fourth-order valence-corrected chi connectivity index (χ4v) is 1.38. The van der Waals surface area contributed by atoms with Crippen LogP contribution in [0.2, 0.25) is 13.1 Å². The van der Waals surface area contributed by atoms with Crippen molar-refractivity contribution in [1.29, 1.82) is 0 Å². The molecule has 0 aliphatic rings. The van der Waals surface area contributed by atoms with Crippen LogP contribution in [0.15, 0.2) is 11.8 Å². The predicted octanol–water partition coefficient (Wildman–Crippen LogP) is 2.57. The van der Waals surface area contributed by atoms with Crippen molar-refractivity contribution in [2.45, 2.75) is 33.4 Å². The monoisotopic (exact) mass is 143 g/mol. The molecule has 0 aromatic carbocycles. The van der Waals surface area contributed by atoms with Crippen molar-refractivity contribution in [2.75, 3.05) is 0 Å². The van der Waals surface area contributed by atoms with Gasteiger partial charge in [-0.2, -0.15) is 0 Å². The van der Waals surface area contributed by atoms with Crippen LogP contribution < -0.4 is 0 Å². The normalized spacial score (nSPS) is 12.3. The van der Waals surface area contributed by atoms with Crippen LogP contribution >= 0.6 is 0 Å². The summed E-state index contributed by atoms with van der Waals surface area (Å²) in [4.78, 5) is 0. The second kappa shape index (κ2) is 4.62. The summed E-state index contributed by atoms with van der Waals surface area (Å²) in [6, 6.07) is 0. The van der Waals surface area contributed by atoms with Crippen LogP contribution in [0, 0.1) is 0 Å². The van der Waals surface area contributed by atoms with Crippen molar-refractivity contribution in [3.05, 3.63) is 11.8 Å². The highest BCUT2D eigenvalue weighted by Gasteiger charge is 1.98. The zero-order chi connectivity index (χ0) is 7.28. The van der Waals surface area contributed by atoms with E-state index in [2.05, 4.69) is 20.0 Å². The maximum Gasteiger partial charge on any atom is 0.273 e. The van der Waals surface area contributed by atoms with E-state index in [0.717, 1.165) is 12.2 Å². The first-order chi connectivity index (χ1) is 4.20. The molecular weight excluding hydrogens is 128 g/mol. The van der Waals surface area contributed by atoms with Crippen molar-refractivity contribution in [2.24, 2.45) is 0 Å². The van der Waals surface area contributed by atoms with Gasteiger partial charge in [0.25, 0.3) is 9.04 Å². The van der Waals surface area contributed by atoms with Crippen LogP contribution in [0.1, 0.15) is 20.3 Å². The summed E-state index contributed by atoms with van der Waals surface area (Å²) in [7, 11) is -0.526. The van der Waals surface area contributed by atoms with Gasteiger partial charge in [0, 0.05) is 6.42 Å². The molecule has 0 aromatic rings. The predicted molar refractivity (Wildman–Crippen MR) is 42.6 cm³/mol. The number of rotatable bonds is 3. The second-order valence-electron chi connectivity index (χ2n) is 2.12.